The Morgan fingerprint density at radius 2 is 2.12 bits per heavy atom. The van der Waals surface area contributed by atoms with Crippen LogP contribution >= 0.6 is 0 Å². The van der Waals surface area contributed by atoms with E-state index in [0.717, 1.165) is 37.0 Å². The topological polar surface area (TPSA) is 59.0 Å². The fourth-order valence-electron chi connectivity index (χ4n) is 4.39. The lowest BCUT2D eigenvalue weighted by Crippen LogP contribution is -2.56. The van der Waals surface area contributed by atoms with Crippen molar-refractivity contribution < 1.29 is 19.4 Å². The molecule has 0 aromatic heterocycles. The molecule has 1 N–H and O–H groups in total. The molecule has 0 unspecified atom stereocenters. The van der Waals surface area contributed by atoms with Crippen molar-refractivity contribution in [2.45, 2.75) is 50.7 Å². The molecule has 2 aliphatic rings. The third-order valence-corrected chi connectivity index (χ3v) is 5.53. The molecule has 5 nitrogen and oxygen atoms in total. The Balaban J connectivity index is 2.03. The molecule has 1 saturated heterocycles. The number of carbonyl (C=O) groups is 1. The van der Waals surface area contributed by atoms with Crippen LogP contribution in [0, 0.1) is 5.92 Å². The van der Waals surface area contributed by atoms with Crippen LogP contribution in [0.2, 0.25) is 0 Å². The molecule has 5 heteroatoms. The number of rotatable bonds is 3. The molecule has 1 heterocycles. The summed E-state index contributed by atoms with van der Waals surface area (Å²) in [6, 6.07) is 7.58. The zero-order valence-electron chi connectivity index (χ0n) is 14.5. The molecule has 1 aromatic rings. The van der Waals surface area contributed by atoms with Crippen LogP contribution in [-0.4, -0.2) is 42.0 Å². The fraction of sp³-hybridized carbons (Fsp3) is 0.632. The molecule has 1 aliphatic carbocycles. The van der Waals surface area contributed by atoms with Crippen molar-refractivity contribution in [2.75, 3.05) is 20.3 Å². The number of hydrogen-bond donors (Lipinski definition) is 1. The highest BCUT2D eigenvalue weighted by Gasteiger charge is 2.51. The van der Waals surface area contributed by atoms with E-state index in [-0.39, 0.29) is 18.1 Å². The third-order valence-electron chi connectivity index (χ3n) is 5.53. The average molecular weight is 333 g/mol. The lowest BCUT2D eigenvalue weighted by Gasteiger charge is -2.52. The van der Waals surface area contributed by atoms with Gasteiger partial charge in [-0.3, -0.25) is 0 Å². The van der Waals surface area contributed by atoms with Gasteiger partial charge in [0.05, 0.1) is 25.4 Å². The van der Waals surface area contributed by atoms with Gasteiger partial charge < -0.3 is 19.5 Å². The van der Waals surface area contributed by atoms with Gasteiger partial charge in [0, 0.05) is 18.0 Å². The Hall–Kier alpha value is -1.75. The van der Waals surface area contributed by atoms with Crippen LogP contribution in [0.3, 0.4) is 0 Å². The normalized spacial score (nSPS) is 29.7. The summed E-state index contributed by atoms with van der Waals surface area (Å²) in [5.74, 6) is 0.771. The van der Waals surface area contributed by atoms with Gasteiger partial charge in [0.2, 0.25) is 0 Å². The summed E-state index contributed by atoms with van der Waals surface area (Å²) in [6.45, 7) is 2.67. The van der Waals surface area contributed by atoms with E-state index in [9.17, 15) is 9.90 Å². The van der Waals surface area contributed by atoms with Crippen molar-refractivity contribution in [1.29, 1.82) is 0 Å². The minimum absolute atomic E-state index is 0.0145. The zero-order chi connectivity index (χ0) is 17.2. The number of ether oxygens (including phenoxy) is 2. The monoisotopic (exact) mass is 333 g/mol. The first-order valence-electron chi connectivity index (χ1n) is 8.89. The van der Waals surface area contributed by atoms with E-state index in [2.05, 4.69) is 0 Å². The second kappa shape index (κ2) is 7.01. The van der Waals surface area contributed by atoms with Gasteiger partial charge in [-0.25, -0.2) is 4.79 Å². The highest BCUT2D eigenvalue weighted by atomic mass is 16.6. The number of benzene rings is 1. The van der Waals surface area contributed by atoms with Crippen LogP contribution in [0.5, 0.6) is 5.75 Å². The summed E-state index contributed by atoms with van der Waals surface area (Å²) in [6.07, 6.45) is 4.15. The van der Waals surface area contributed by atoms with Crippen molar-refractivity contribution in [3.63, 3.8) is 0 Å². The number of aliphatic hydroxyl groups is 1. The van der Waals surface area contributed by atoms with Gasteiger partial charge in [0.1, 0.15) is 5.75 Å². The van der Waals surface area contributed by atoms with Gasteiger partial charge >= 0.3 is 6.09 Å². The molecule has 2 fully saturated rings. The number of fused-ring (bicyclic) bond motifs is 1. The SMILES string of the molecule is CCOC(=O)N1CC[C@]2(O)CCCC[C@@H]2[C@H]1c1ccccc1OC. The van der Waals surface area contributed by atoms with E-state index in [1.165, 1.54) is 0 Å². The maximum absolute atomic E-state index is 12.5. The van der Waals surface area contributed by atoms with E-state index >= 15 is 0 Å². The lowest BCUT2D eigenvalue weighted by atomic mass is 9.66. The van der Waals surface area contributed by atoms with Crippen molar-refractivity contribution in [3.8, 4) is 5.75 Å². The summed E-state index contributed by atoms with van der Waals surface area (Å²) in [5.41, 5.74) is 0.255. The predicted octanol–water partition coefficient (Wildman–Crippen LogP) is 3.52. The molecule has 0 bridgehead atoms. The summed E-state index contributed by atoms with van der Waals surface area (Å²) in [7, 11) is 1.64. The molecule has 3 atom stereocenters. The largest absolute Gasteiger partial charge is 0.496 e. The van der Waals surface area contributed by atoms with Crippen molar-refractivity contribution in [1.82, 2.24) is 4.90 Å². The van der Waals surface area contributed by atoms with Crippen LogP contribution in [0.1, 0.15) is 50.6 Å². The summed E-state index contributed by atoms with van der Waals surface area (Å²) >= 11 is 0. The van der Waals surface area contributed by atoms with Gasteiger partial charge in [0.15, 0.2) is 0 Å². The zero-order valence-corrected chi connectivity index (χ0v) is 14.5. The maximum Gasteiger partial charge on any atom is 0.410 e. The van der Waals surface area contributed by atoms with Crippen LogP contribution in [-0.2, 0) is 4.74 Å². The average Bonchev–Trinajstić information content (AvgIpc) is 2.60. The Morgan fingerprint density at radius 1 is 1.33 bits per heavy atom. The molecule has 132 valence electrons. The number of hydrogen-bond acceptors (Lipinski definition) is 4. The molecule has 1 aliphatic heterocycles. The van der Waals surface area contributed by atoms with Crippen LogP contribution in [0.4, 0.5) is 4.79 Å². The number of methoxy groups -OCH3 is 1. The van der Waals surface area contributed by atoms with Gasteiger partial charge in [-0.2, -0.15) is 0 Å². The molecular weight excluding hydrogens is 306 g/mol. The molecule has 1 amide bonds. The Labute approximate surface area is 143 Å². The van der Waals surface area contributed by atoms with Gasteiger partial charge in [-0.15, -0.1) is 0 Å². The molecule has 1 saturated carbocycles. The van der Waals surface area contributed by atoms with Crippen molar-refractivity contribution >= 4 is 6.09 Å². The third kappa shape index (κ3) is 2.97. The first-order valence-corrected chi connectivity index (χ1v) is 8.89. The molecule has 0 radical (unpaired) electrons. The van der Waals surface area contributed by atoms with E-state index in [1.54, 1.807) is 12.0 Å². The molecule has 1 aromatic carbocycles. The standard InChI is InChI=1S/C19H27NO4/c1-3-24-18(21)20-13-12-19(22)11-7-6-9-15(19)17(20)14-8-4-5-10-16(14)23-2/h4-5,8,10,15,17,22H,3,6-7,9,11-13H2,1-2H3/t15-,17-,19-/m1/s1. The number of para-hydroxylation sites is 1. The summed E-state index contributed by atoms with van der Waals surface area (Å²) in [5, 5.41) is 11.2. The first kappa shape index (κ1) is 17.1. The van der Waals surface area contributed by atoms with Crippen LogP contribution < -0.4 is 4.74 Å². The molecular formula is C19H27NO4. The number of carbonyl (C=O) groups excluding carboxylic acids is 1. The molecule has 3 rings (SSSR count). The van der Waals surface area contributed by atoms with Crippen molar-refractivity contribution in [3.05, 3.63) is 29.8 Å². The Bertz CT molecular complexity index is 590. The van der Waals surface area contributed by atoms with Crippen LogP contribution in [0.15, 0.2) is 24.3 Å². The molecule has 24 heavy (non-hydrogen) atoms. The second-order valence-corrected chi connectivity index (χ2v) is 6.78. The quantitative estimate of drug-likeness (QED) is 0.919. The van der Waals surface area contributed by atoms with Gasteiger partial charge in [-0.05, 0) is 32.3 Å². The Morgan fingerprint density at radius 3 is 2.88 bits per heavy atom. The van der Waals surface area contributed by atoms with E-state index < -0.39 is 5.60 Å². The number of amides is 1. The van der Waals surface area contributed by atoms with Crippen molar-refractivity contribution in [2.24, 2.45) is 5.92 Å². The summed E-state index contributed by atoms with van der Waals surface area (Å²) < 4.78 is 10.8. The highest BCUT2D eigenvalue weighted by molar-refractivity contribution is 5.69. The van der Waals surface area contributed by atoms with Gasteiger partial charge in [0.25, 0.3) is 0 Å². The highest BCUT2D eigenvalue weighted by Crippen LogP contribution is 2.50. The molecule has 0 spiro atoms. The number of likely N-dealkylation sites (tertiary alicyclic amines) is 1. The van der Waals surface area contributed by atoms with E-state index in [4.69, 9.17) is 9.47 Å². The van der Waals surface area contributed by atoms with E-state index in [0.29, 0.717) is 19.6 Å². The smallest absolute Gasteiger partial charge is 0.410 e. The first-order chi connectivity index (χ1) is 11.6. The fourth-order valence-corrected chi connectivity index (χ4v) is 4.39. The van der Waals surface area contributed by atoms with Crippen LogP contribution in [0.25, 0.3) is 0 Å². The predicted molar refractivity (Wildman–Crippen MR) is 91.0 cm³/mol. The second-order valence-electron chi connectivity index (χ2n) is 6.78. The minimum Gasteiger partial charge on any atom is -0.496 e. The number of piperidine rings is 1. The Kier molecular flexibility index (Phi) is 4.99. The number of nitrogens with zero attached hydrogens (tertiary/aromatic N) is 1. The van der Waals surface area contributed by atoms with Gasteiger partial charge in [-0.1, -0.05) is 31.0 Å². The summed E-state index contributed by atoms with van der Waals surface area (Å²) in [4.78, 5) is 14.3. The minimum atomic E-state index is -0.702. The van der Waals surface area contributed by atoms with E-state index in [1.807, 2.05) is 31.2 Å². The maximum atomic E-state index is 12.5. The lowest BCUT2D eigenvalue weighted by molar-refractivity contribution is -0.118.